The number of fused-ring (bicyclic) bond motifs is 1. The van der Waals surface area contributed by atoms with Gasteiger partial charge in [0.05, 0.1) is 11.7 Å². The van der Waals surface area contributed by atoms with Crippen molar-refractivity contribution in [1.29, 1.82) is 0 Å². The molecule has 1 atom stereocenters. The zero-order valence-corrected chi connectivity index (χ0v) is 14.4. The van der Waals surface area contributed by atoms with Gasteiger partial charge in [0, 0.05) is 33.6 Å². The van der Waals surface area contributed by atoms with Crippen LogP contribution in [0, 0.1) is 0 Å². The van der Waals surface area contributed by atoms with E-state index in [0.717, 1.165) is 0 Å². The number of aromatic nitrogens is 1. The van der Waals surface area contributed by atoms with Crippen LogP contribution in [0.1, 0.15) is 22.0 Å². The van der Waals surface area contributed by atoms with Gasteiger partial charge in [-0.05, 0) is 29.8 Å². The van der Waals surface area contributed by atoms with Gasteiger partial charge in [-0.25, -0.2) is 0 Å². The van der Waals surface area contributed by atoms with Gasteiger partial charge in [0.2, 0.25) is 0 Å². The Balaban J connectivity index is 1.79. The van der Waals surface area contributed by atoms with E-state index in [9.17, 15) is 14.7 Å². The van der Waals surface area contributed by atoms with Gasteiger partial charge in [-0.3, -0.25) is 9.59 Å². The number of nitrogens with one attached hydrogen (secondary N) is 2. The minimum Gasteiger partial charge on any atom is -0.387 e. The van der Waals surface area contributed by atoms with E-state index in [1.807, 2.05) is 0 Å². The number of benzene rings is 2. The smallest absolute Gasteiger partial charge is 0.255 e. The maximum atomic E-state index is 12.4. The van der Waals surface area contributed by atoms with Crippen molar-refractivity contribution >= 4 is 39.9 Å². The lowest BCUT2D eigenvalue weighted by Crippen LogP contribution is -2.29. The van der Waals surface area contributed by atoms with Gasteiger partial charge in [0.25, 0.3) is 11.5 Å². The van der Waals surface area contributed by atoms with Crippen molar-refractivity contribution in [2.75, 3.05) is 6.54 Å². The zero-order chi connectivity index (χ0) is 18.0. The Morgan fingerprint density at radius 2 is 1.76 bits per heavy atom. The minimum absolute atomic E-state index is 0.0248. The molecular weight excluding hydrogens is 363 g/mol. The molecular formula is C18H14Cl2N2O3. The zero-order valence-electron chi connectivity index (χ0n) is 12.9. The van der Waals surface area contributed by atoms with Crippen LogP contribution < -0.4 is 10.9 Å². The van der Waals surface area contributed by atoms with Crippen LogP contribution in [0.2, 0.25) is 10.0 Å². The summed E-state index contributed by atoms with van der Waals surface area (Å²) in [6.45, 7) is -0.0248. The Morgan fingerprint density at radius 1 is 1.12 bits per heavy atom. The molecule has 0 fully saturated rings. The van der Waals surface area contributed by atoms with Gasteiger partial charge >= 0.3 is 0 Å². The summed E-state index contributed by atoms with van der Waals surface area (Å²) in [4.78, 5) is 26.8. The third kappa shape index (κ3) is 3.85. The highest BCUT2D eigenvalue weighted by atomic mass is 35.5. The predicted octanol–water partition coefficient (Wildman–Crippen LogP) is 3.30. The quantitative estimate of drug-likeness (QED) is 0.653. The molecule has 1 unspecified atom stereocenters. The number of H-pyrrole nitrogens is 1. The van der Waals surface area contributed by atoms with E-state index in [2.05, 4.69) is 10.3 Å². The topological polar surface area (TPSA) is 82.2 Å². The van der Waals surface area contributed by atoms with Gasteiger partial charge in [-0.15, -0.1) is 0 Å². The molecule has 5 nitrogen and oxygen atoms in total. The van der Waals surface area contributed by atoms with Gasteiger partial charge < -0.3 is 15.4 Å². The number of carbonyl (C=O) groups is 1. The van der Waals surface area contributed by atoms with Crippen molar-refractivity contribution in [3.05, 3.63) is 80.2 Å². The first-order valence-corrected chi connectivity index (χ1v) is 8.24. The monoisotopic (exact) mass is 376 g/mol. The maximum Gasteiger partial charge on any atom is 0.255 e. The number of halogens is 2. The molecule has 3 rings (SSSR count). The third-order valence-corrected chi connectivity index (χ3v) is 4.22. The van der Waals surface area contributed by atoms with Crippen molar-refractivity contribution in [1.82, 2.24) is 10.3 Å². The minimum atomic E-state index is -0.964. The van der Waals surface area contributed by atoms with Crippen molar-refractivity contribution in [2.24, 2.45) is 0 Å². The molecule has 0 radical (unpaired) electrons. The van der Waals surface area contributed by atoms with Gasteiger partial charge in [0.15, 0.2) is 0 Å². The number of hydrogen-bond donors (Lipinski definition) is 3. The molecule has 7 heteroatoms. The van der Waals surface area contributed by atoms with E-state index in [1.54, 1.807) is 42.5 Å². The molecule has 0 bridgehead atoms. The van der Waals surface area contributed by atoms with Gasteiger partial charge in [-0.2, -0.15) is 0 Å². The predicted molar refractivity (Wildman–Crippen MR) is 98.3 cm³/mol. The lowest BCUT2D eigenvalue weighted by Gasteiger charge is -2.14. The molecule has 2 aromatic carbocycles. The summed E-state index contributed by atoms with van der Waals surface area (Å²) in [7, 11) is 0. The highest BCUT2D eigenvalue weighted by Crippen LogP contribution is 2.23. The second kappa shape index (κ2) is 7.27. The molecule has 25 heavy (non-hydrogen) atoms. The Bertz CT molecular complexity index is 981. The molecule has 0 spiro atoms. The Morgan fingerprint density at radius 3 is 2.44 bits per heavy atom. The SMILES string of the molecule is O=C(NCC(O)c1cc(Cl)cc(Cl)c1)c1c[nH]c(=O)c2ccccc12. The van der Waals surface area contributed by atoms with E-state index < -0.39 is 12.0 Å². The first-order chi connectivity index (χ1) is 12.0. The summed E-state index contributed by atoms with van der Waals surface area (Å²) < 4.78 is 0. The molecule has 0 saturated carbocycles. The summed E-state index contributed by atoms with van der Waals surface area (Å²) in [5, 5.41) is 14.7. The Labute approximate surface area is 153 Å². The maximum absolute atomic E-state index is 12.4. The number of carbonyl (C=O) groups excluding carboxylic acids is 1. The standard InChI is InChI=1S/C18H14Cl2N2O3/c19-11-5-10(6-12(20)7-11)16(23)9-22-18(25)15-8-21-17(24)14-4-2-1-3-13(14)15/h1-8,16,23H,9H2,(H,21,24)(H,22,25). The molecule has 0 aliphatic heterocycles. The lowest BCUT2D eigenvalue weighted by atomic mass is 10.1. The highest BCUT2D eigenvalue weighted by Gasteiger charge is 2.15. The number of amides is 1. The first kappa shape index (κ1) is 17.5. The van der Waals surface area contributed by atoms with Crippen LogP contribution in [0.5, 0.6) is 0 Å². The fourth-order valence-corrected chi connectivity index (χ4v) is 3.11. The second-order valence-corrected chi connectivity index (χ2v) is 6.38. The molecule has 1 aromatic heterocycles. The van der Waals surface area contributed by atoms with Crippen LogP contribution in [0.15, 0.2) is 53.5 Å². The Kier molecular flexibility index (Phi) is 5.08. The first-order valence-electron chi connectivity index (χ1n) is 7.48. The fraction of sp³-hybridized carbons (Fsp3) is 0.111. The molecule has 0 aliphatic rings. The number of aliphatic hydroxyl groups is 1. The van der Waals surface area contributed by atoms with E-state index in [4.69, 9.17) is 23.2 Å². The van der Waals surface area contributed by atoms with Crippen LogP contribution in [0.25, 0.3) is 10.8 Å². The van der Waals surface area contributed by atoms with E-state index >= 15 is 0 Å². The normalized spacial score (nSPS) is 12.1. The number of rotatable bonds is 4. The van der Waals surface area contributed by atoms with Gasteiger partial charge in [0.1, 0.15) is 0 Å². The fourth-order valence-electron chi connectivity index (χ4n) is 2.57. The van der Waals surface area contributed by atoms with Crippen LogP contribution in [0.3, 0.4) is 0 Å². The average molecular weight is 377 g/mol. The highest BCUT2D eigenvalue weighted by molar-refractivity contribution is 6.34. The largest absolute Gasteiger partial charge is 0.387 e. The van der Waals surface area contributed by atoms with Crippen LogP contribution >= 0.6 is 23.2 Å². The molecule has 0 aliphatic carbocycles. The van der Waals surface area contributed by atoms with E-state index in [-0.39, 0.29) is 12.1 Å². The number of aromatic amines is 1. The summed E-state index contributed by atoms with van der Waals surface area (Å²) in [6, 6.07) is 11.6. The van der Waals surface area contributed by atoms with E-state index in [1.165, 1.54) is 6.20 Å². The van der Waals surface area contributed by atoms with E-state index in [0.29, 0.717) is 31.9 Å². The number of pyridine rings is 1. The summed E-state index contributed by atoms with van der Waals surface area (Å²) >= 11 is 11.8. The molecule has 128 valence electrons. The Hall–Kier alpha value is -2.34. The second-order valence-electron chi connectivity index (χ2n) is 5.51. The van der Waals surface area contributed by atoms with Crippen molar-refractivity contribution in [3.8, 4) is 0 Å². The number of aliphatic hydroxyl groups excluding tert-OH is 1. The summed E-state index contributed by atoms with van der Waals surface area (Å²) in [6.07, 6.45) is 0.400. The molecule has 0 saturated heterocycles. The summed E-state index contributed by atoms with van der Waals surface area (Å²) in [5.41, 5.74) is 0.566. The van der Waals surface area contributed by atoms with Gasteiger partial charge in [-0.1, -0.05) is 41.4 Å². The molecule has 1 amide bonds. The molecule has 3 N–H and O–H groups in total. The molecule has 1 heterocycles. The molecule has 3 aromatic rings. The average Bonchev–Trinajstić information content (AvgIpc) is 2.59. The number of hydrogen-bond acceptors (Lipinski definition) is 3. The lowest BCUT2D eigenvalue weighted by molar-refractivity contribution is 0.0917. The van der Waals surface area contributed by atoms with Crippen LogP contribution in [-0.2, 0) is 0 Å². The van der Waals surface area contributed by atoms with Crippen LogP contribution in [0.4, 0.5) is 0 Å². The van der Waals surface area contributed by atoms with Crippen molar-refractivity contribution in [2.45, 2.75) is 6.10 Å². The van der Waals surface area contributed by atoms with Crippen LogP contribution in [-0.4, -0.2) is 22.5 Å². The van der Waals surface area contributed by atoms with Crippen molar-refractivity contribution < 1.29 is 9.90 Å². The summed E-state index contributed by atoms with van der Waals surface area (Å²) in [5.74, 6) is -0.403. The van der Waals surface area contributed by atoms with Crippen molar-refractivity contribution in [3.63, 3.8) is 0 Å². The third-order valence-electron chi connectivity index (χ3n) is 3.78.